The third-order valence-corrected chi connectivity index (χ3v) is 5.45. The Morgan fingerprint density at radius 3 is 2.55 bits per heavy atom. The normalized spacial score (nSPS) is 13.5. The van der Waals surface area contributed by atoms with Crippen molar-refractivity contribution in [1.82, 2.24) is 9.88 Å². The highest BCUT2D eigenvalue weighted by Crippen LogP contribution is 2.29. The van der Waals surface area contributed by atoms with Crippen LogP contribution in [0.2, 0.25) is 0 Å². The fourth-order valence-corrected chi connectivity index (χ4v) is 4.11. The van der Waals surface area contributed by atoms with E-state index in [-0.39, 0.29) is 16.3 Å². The number of halogens is 3. The zero-order valence-corrected chi connectivity index (χ0v) is 16.7. The molecule has 0 aliphatic heterocycles. The second-order valence-electron chi connectivity index (χ2n) is 6.51. The Morgan fingerprint density at radius 1 is 1.17 bits per heavy atom. The molecule has 2 aromatic carbocycles. The molecule has 29 heavy (non-hydrogen) atoms. The minimum absolute atomic E-state index is 0.174. The van der Waals surface area contributed by atoms with Crippen molar-refractivity contribution in [3.63, 3.8) is 0 Å². The molecule has 0 fully saturated rings. The van der Waals surface area contributed by atoms with Gasteiger partial charge >= 0.3 is 6.18 Å². The maximum absolute atomic E-state index is 12.9. The predicted octanol–water partition coefficient (Wildman–Crippen LogP) is 4.08. The molecule has 1 unspecified atom stereocenters. The predicted molar refractivity (Wildman–Crippen MR) is 105 cm³/mol. The van der Waals surface area contributed by atoms with Crippen molar-refractivity contribution >= 4 is 33.4 Å². The number of aryl methyl sites for hydroxylation is 1. The van der Waals surface area contributed by atoms with Crippen LogP contribution in [0.4, 0.5) is 13.2 Å². The molecule has 0 aliphatic rings. The maximum atomic E-state index is 12.9. The van der Waals surface area contributed by atoms with Crippen LogP contribution in [0.5, 0.6) is 0 Å². The average Bonchev–Trinajstić information content (AvgIpc) is 3.02. The molecule has 0 radical (unpaired) electrons. The molecule has 0 saturated carbocycles. The van der Waals surface area contributed by atoms with Gasteiger partial charge in [-0.2, -0.15) is 18.2 Å². The van der Waals surface area contributed by atoms with Crippen molar-refractivity contribution in [2.75, 3.05) is 7.05 Å². The number of nitrogens with zero attached hydrogens (tertiary/aromatic N) is 2. The first kappa shape index (κ1) is 20.8. The largest absolute Gasteiger partial charge is 0.416 e. The van der Waals surface area contributed by atoms with Crippen LogP contribution in [0.1, 0.15) is 34.5 Å². The number of amides is 2. The quantitative estimate of drug-likeness (QED) is 0.693. The number of aromatic nitrogens is 1. The Kier molecular flexibility index (Phi) is 5.61. The third-order valence-electron chi connectivity index (χ3n) is 4.43. The molecule has 2 amide bonds. The summed E-state index contributed by atoms with van der Waals surface area (Å²) in [5.41, 5.74) is 0.617. The third kappa shape index (κ3) is 4.24. The van der Waals surface area contributed by atoms with E-state index in [0.29, 0.717) is 5.52 Å². The number of benzene rings is 2. The summed E-state index contributed by atoms with van der Waals surface area (Å²) in [4.78, 5) is 29.1. The number of likely N-dealkylation sites (N-methyl/N-ethyl adjacent to an activating group) is 1. The van der Waals surface area contributed by atoms with Gasteiger partial charge in [0.1, 0.15) is 6.04 Å². The number of hydrogen-bond donors (Lipinski definition) is 1. The summed E-state index contributed by atoms with van der Waals surface area (Å²) >= 11 is 1.20. The summed E-state index contributed by atoms with van der Waals surface area (Å²) in [7, 11) is 1.50. The Balaban J connectivity index is 2.17. The number of alkyl halides is 3. The Morgan fingerprint density at radius 2 is 1.90 bits per heavy atom. The highest BCUT2D eigenvalue weighted by atomic mass is 32.1. The van der Waals surface area contributed by atoms with Gasteiger partial charge in [-0.1, -0.05) is 23.5 Å². The van der Waals surface area contributed by atoms with Gasteiger partial charge in [0, 0.05) is 12.6 Å². The monoisotopic (exact) mass is 421 g/mol. The lowest BCUT2D eigenvalue weighted by atomic mass is 10.1. The lowest BCUT2D eigenvalue weighted by molar-refractivity contribution is -0.137. The summed E-state index contributed by atoms with van der Waals surface area (Å²) in [6.45, 7) is 3.58. The molecule has 3 rings (SSSR count). The molecule has 0 aliphatic carbocycles. The highest BCUT2D eigenvalue weighted by molar-refractivity contribution is 7.16. The van der Waals surface area contributed by atoms with Crippen LogP contribution in [0.15, 0.2) is 47.5 Å². The number of fused-ring (bicyclic) bond motifs is 1. The topological polar surface area (TPSA) is 63.5 Å². The smallest absolute Gasteiger partial charge is 0.357 e. The Bertz CT molecular complexity index is 1160. The van der Waals surface area contributed by atoms with Gasteiger partial charge in [0.05, 0.1) is 15.8 Å². The Labute approximate surface area is 168 Å². The van der Waals surface area contributed by atoms with Crippen LogP contribution in [0, 0.1) is 6.92 Å². The van der Waals surface area contributed by atoms with E-state index in [1.54, 1.807) is 11.5 Å². The summed E-state index contributed by atoms with van der Waals surface area (Å²) in [6.07, 6.45) is -4.56. The molecule has 9 heteroatoms. The average molecular weight is 421 g/mol. The fraction of sp³-hybridized carbons (Fsp3) is 0.250. The fourth-order valence-electron chi connectivity index (χ4n) is 2.91. The van der Waals surface area contributed by atoms with E-state index in [2.05, 4.69) is 10.3 Å². The molecule has 1 aromatic heterocycles. The minimum Gasteiger partial charge on any atom is -0.357 e. The Hall–Kier alpha value is -2.94. The SMILES string of the molecule is CNC(=O)C(C)n1c(=NC(=O)c2cccc(C(F)(F)F)c2)sc2cc(C)ccc21. The minimum atomic E-state index is -4.56. The molecule has 5 nitrogen and oxygen atoms in total. The van der Waals surface area contributed by atoms with Gasteiger partial charge in [0.2, 0.25) is 5.91 Å². The van der Waals surface area contributed by atoms with Crippen LogP contribution >= 0.6 is 11.3 Å². The van der Waals surface area contributed by atoms with Crippen LogP contribution in [-0.2, 0) is 11.0 Å². The second kappa shape index (κ2) is 7.82. The number of thiazole rings is 1. The molecule has 1 heterocycles. The van der Waals surface area contributed by atoms with E-state index in [9.17, 15) is 22.8 Å². The van der Waals surface area contributed by atoms with Gasteiger partial charge in [-0.15, -0.1) is 0 Å². The van der Waals surface area contributed by atoms with Gasteiger partial charge in [-0.3, -0.25) is 9.59 Å². The summed E-state index contributed by atoms with van der Waals surface area (Å²) in [5, 5.41) is 2.56. The second-order valence-corrected chi connectivity index (χ2v) is 7.52. The molecule has 0 bridgehead atoms. The van der Waals surface area contributed by atoms with Crippen LogP contribution < -0.4 is 10.1 Å². The summed E-state index contributed by atoms with van der Waals surface area (Å²) in [6, 6.07) is 9.06. The molecular formula is C20H18F3N3O2S. The van der Waals surface area contributed by atoms with E-state index in [1.807, 2.05) is 25.1 Å². The van der Waals surface area contributed by atoms with Crippen molar-refractivity contribution in [1.29, 1.82) is 0 Å². The van der Waals surface area contributed by atoms with Crippen molar-refractivity contribution in [3.05, 3.63) is 64.0 Å². The number of hydrogen-bond acceptors (Lipinski definition) is 3. The van der Waals surface area contributed by atoms with E-state index < -0.39 is 23.7 Å². The van der Waals surface area contributed by atoms with Gasteiger partial charge < -0.3 is 9.88 Å². The van der Waals surface area contributed by atoms with E-state index in [0.717, 1.165) is 22.4 Å². The van der Waals surface area contributed by atoms with E-state index >= 15 is 0 Å². The first-order valence-corrected chi connectivity index (χ1v) is 9.53. The van der Waals surface area contributed by atoms with Crippen molar-refractivity contribution in [2.45, 2.75) is 26.1 Å². The molecular weight excluding hydrogens is 403 g/mol. The molecule has 1 atom stereocenters. The highest BCUT2D eigenvalue weighted by Gasteiger charge is 2.31. The molecule has 3 aromatic rings. The number of nitrogens with one attached hydrogen (secondary N) is 1. The van der Waals surface area contributed by atoms with Crippen molar-refractivity contribution < 1.29 is 22.8 Å². The first-order valence-electron chi connectivity index (χ1n) is 8.71. The number of carbonyl (C=O) groups excluding carboxylic acids is 2. The maximum Gasteiger partial charge on any atom is 0.416 e. The van der Waals surface area contributed by atoms with E-state index in [1.165, 1.54) is 30.5 Å². The van der Waals surface area contributed by atoms with E-state index in [4.69, 9.17) is 0 Å². The van der Waals surface area contributed by atoms with Gasteiger partial charge in [0.15, 0.2) is 4.80 Å². The van der Waals surface area contributed by atoms with Gasteiger partial charge in [0.25, 0.3) is 5.91 Å². The zero-order valence-electron chi connectivity index (χ0n) is 15.9. The van der Waals surface area contributed by atoms with Crippen molar-refractivity contribution in [3.8, 4) is 0 Å². The molecule has 152 valence electrons. The number of carbonyl (C=O) groups is 2. The first-order chi connectivity index (χ1) is 13.6. The summed E-state index contributed by atoms with van der Waals surface area (Å²) < 4.78 is 41.3. The number of rotatable bonds is 3. The van der Waals surface area contributed by atoms with Crippen LogP contribution in [0.25, 0.3) is 10.2 Å². The van der Waals surface area contributed by atoms with Crippen molar-refractivity contribution in [2.24, 2.45) is 4.99 Å². The molecule has 1 N–H and O–H groups in total. The zero-order chi connectivity index (χ0) is 21.3. The van der Waals surface area contributed by atoms with Crippen LogP contribution in [-0.4, -0.2) is 23.4 Å². The van der Waals surface area contributed by atoms with Gasteiger partial charge in [-0.05, 0) is 49.7 Å². The summed E-state index contributed by atoms with van der Waals surface area (Å²) in [5.74, 6) is -1.09. The lowest BCUT2D eigenvalue weighted by Crippen LogP contribution is -2.32. The van der Waals surface area contributed by atoms with Crippen LogP contribution in [0.3, 0.4) is 0 Å². The lowest BCUT2D eigenvalue weighted by Gasteiger charge is -2.13. The van der Waals surface area contributed by atoms with Gasteiger partial charge in [-0.25, -0.2) is 0 Å². The molecule has 0 saturated heterocycles. The molecule has 0 spiro atoms. The standard InChI is InChI=1S/C20H18F3N3O2S/c1-11-7-8-15-16(9-11)29-19(26(15)12(2)17(27)24-3)25-18(28)13-5-4-6-14(10-13)20(21,22)23/h4-10,12H,1-3H3,(H,24,27).